The number of benzene rings is 2. The molecule has 8 heteroatoms. The van der Waals surface area contributed by atoms with E-state index in [0.29, 0.717) is 17.1 Å². The highest BCUT2D eigenvalue weighted by molar-refractivity contribution is 5.92. The molecule has 1 N–H and O–H groups in total. The van der Waals surface area contributed by atoms with Crippen molar-refractivity contribution in [1.29, 1.82) is 0 Å². The zero-order valence-corrected chi connectivity index (χ0v) is 16.0. The molecule has 0 spiro atoms. The highest BCUT2D eigenvalue weighted by Crippen LogP contribution is 2.28. The first kappa shape index (κ1) is 18.7. The molecule has 0 saturated heterocycles. The lowest BCUT2D eigenvalue weighted by Gasteiger charge is -2.09. The Kier molecular flexibility index (Phi) is 4.75. The summed E-state index contributed by atoms with van der Waals surface area (Å²) in [5.74, 6) is 0.542. The summed E-state index contributed by atoms with van der Waals surface area (Å²) in [6, 6.07) is 13.2. The van der Waals surface area contributed by atoms with Gasteiger partial charge in [0.15, 0.2) is 0 Å². The predicted molar refractivity (Wildman–Crippen MR) is 106 cm³/mol. The fraction of sp³-hybridized carbons (Fsp3) is 0.190. The van der Waals surface area contributed by atoms with Crippen molar-refractivity contribution < 1.29 is 13.9 Å². The second kappa shape index (κ2) is 7.38. The number of aromatic nitrogens is 3. The SMILES string of the molecule is COc1cccc2c1cc1c(=O)n(CC(=O)NCc3ccc(F)cc3)nc(C)n12. The van der Waals surface area contributed by atoms with E-state index in [9.17, 15) is 14.0 Å². The summed E-state index contributed by atoms with van der Waals surface area (Å²) >= 11 is 0. The van der Waals surface area contributed by atoms with Crippen molar-refractivity contribution in [2.75, 3.05) is 7.11 Å². The number of aryl methyl sites for hydroxylation is 1. The molecule has 2 aromatic carbocycles. The summed E-state index contributed by atoms with van der Waals surface area (Å²) < 4.78 is 21.3. The Morgan fingerprint density at radius 3 is 2.66 bits per heavy atom. The largest absolute Gasteiger partial charge is 0.496 e. The fourth-order valence-electron chi connectivity index (χ4n) is 3.39. The van der Waals surface area contributed by atoms with E-state index < -0.39 is 0 Å². The number of methoxy groups -OCH3 is 1. The van der Waals surface area contributed by atoms with E-state index in [1.54, 1.807) is 36.6 Å². The summed E-state index contributed by atoms with van der Waals surface area (Å²) in [5.41, 5.74) is 1.63. The summed E-state index contributed by atoms with van der Waals surface area (Å²) in [5, 5.41) is 7.82. The first-order chi connectivity index (χ1) is 14.0. The average molecular weight is 394 g/mol. The lowest BCUT2D eigenvalue weighted by atomic mass is 10.2. The summed E-state index contributed by atoms with van der Waals surface area (Å²) in [4.78, 5) is 25.2. The molecule has 0 unspecified atom stereocenters. The number of fused-ring (bicyclic) bond motifs is 3. The number of nitrogens with zero attached hydrogens (tertiary/aromatic N) is 3. The van der Waals surface area contributed by atoms with Crippen LogP contribution in [0.1, 0.15) is 11.4 Å². The second-order valence-corrected chi connectivity index (χ2v) is 6.67. The zero-order valence-electron chi connectivity index (χ0n) is 16.0. The van der Waals surface area contributed by atoms with Crippen LogP contribution in [0.4, 0.5) is 4.39 Å². The maximum Gasteiger partial charge on any atom is 0.291 e. The van der Waals surface area contributed by atoms with Crippen LogP contribution in [-0.4, -0.2) is 27.2 Å². The quantitative estimate of drug-likeness (QED) is 0.564. The molecule has 0 aliphatic carbocycles. The molecule has 29 heavy (non-hydrogen) atoms. The Morgan fingerprint density at radius 1 is 1.17 bits per heavy atom. The number of hydrogen-bond donors (Lipinski definition) is 1. The van der Waals surface area contributed by atoms with E-state index in [-0.39, 0.29) is 30.4 Å². The standard InChI is InChI=1S/C21H19FN4O3/c1-13-24-25(12-20(27)23-11-14-6-8-15(22)9-7-14)21(28)18-10-16-17(26(13)18)4-3-5-19(16)29-2/h3-10H,11-12H2,1-2H3,(H,23,27). The number of halogens is 1. The average Bonchev–Trinajstić information content (AvgIpc) is 3.12. The van der Waals surface area contributed by atoms with E-state index in [4.69, 9.17) is 4.74 Å². The van der Waals surface area contributed by atoms with Gasteiger partial charge in [0.2, 0.25) is 5.91 Å². The monoisotopic (exact) mass is 394 g/mol. The Hall–Kier alpha value is -3.68. The van der Waals surface area contributed by atoms with Crippen LogP contribution in [0.5, 0.6) is 5.75 Å². The molecule has 4 rings (SSSR count). The van der Waals surface area contributed by atoms with E-state index in [1.807, 2.05) is 18.2 Å². The number of rotatable bonds is 5. The van der Waals surface area contributed by atoms with Gasteiger partial charge in [-0.3, -0.25) is 14.0 Å². The van der Waals surface area contributed by atoms with Gasteiger partial charge in [0.05, 0.1) is 12.6 Å². The van der Waals surface area contributed by atoms with Crippen molar-refractivity contribution in [3.63, 3.8) is 0 Å². The Morgan fingerprint density at radius 2 is 1.93 bits per heavy atom. The number of nitrogens with one attached hydrogen (secondary N) is 1. The zero-order chi connectivity index (χ0) is 20.5. The van der Waals surface area contributed by atoms with Crippen LogP contribution in [0.25, 0.3) is 16.4 Å². The van der Waals surface area contributed by atoms with Crippen molar-refractivity contribution in [2.45, 2.75) is 20.0 Å². The minimum absolute atomic E-state index is 0.212. The van der Waals surface area contributed by atoms with Crippen molar-refractivity contribution in [2.24, 2.45) is 0 Å². The van der Waals surface area contributed by atoms with Crippen molar-refractivity contribution in [3.8, 4) is 5.75 Å². The maximum absolute atomic E-state index is 13.0. The molecule has 7 nitrogen and oxygen atoms in total. The number of amides is 1. The third kappa shape index (κ3) is 3.44. The van der Waals surface area contributed by atoms with Gasteiger partial charge in [-0.1, -0.05) is 18.2 Å². The minimum atomic E-state index is -0.370. The molecular weight excluding hydrogens is 375 g/mol. The Balaban J connectivity index is 1.63. The van der Waals surface area contributed by atoms with Crippen LogP contribution < -0.4 is 15.6 Å². The number of carbonyl (C=O) groups excluding carboxylic acids is 1. The molecule has 0 fully saturated rings. The number of ether oxygens (including phenoxy) is 1. The lowest BCUT2D eigenvalue weighted by Crippen LogP contribution is -2.34. The van der Waals surface area contributed by atoms with Crippen molar-refractivity contribution in [1.82, 2.24) is 19.5 Å². The number of hydrogen-bond acceptors (Lipinski definition) is 4. The maximum atomic E-state index is 13.0. The summed E-state index contributed by atoms with van der Waals surface area (Å²) in [6.45, 7) is 1.80. The summed E-state index contributed by atoms with van der Waals surface area (Å²) in [6.07, 6.45) is 0. The van der Waals surface area contributed by atoms with Gasteiger partial charge in [0.1, 0.15) is 29.5 Å². The van der Waals surface area contributed by atoms with Crippen LogP contribution in [0.3, 0.4) is 0 Å². The molecule has 2 heterocycles. The van der Waals surface area contributed by atoms with Gasteiger partial charge in [-0.05, 0) is 42.8 Å². The topological polar surface area (TPSA) is 77.6 Å². The van der Waals surface area contributed by atoms with E-state index in [2.05, 4.69) is 10.4 Å². The molecule has 0 aliphatic heterocycles. The van der Waals surface area contributed by atoms with Crippen LogP contribution in [0, 0.1) is 12.7 Å². The molecule has 0 saturated carbocycles. The van der Waals surface area contributed by atoms with E-state index in [1.165, 1.54) is 12.1 Å². The first-order valence-electron chi connectivity index (χ1n) is 9.05. The minimum Gasteiger partial charge on any atom is -0.496 e. The predicted octanol–water partition coefficient (Wildman–Crippen LogP) is 2.42. The number of carbonyl (C=O) groups is 1. The fourth-order valence-corrected chi connectivity index (χ4v) is 3.39. The van der Waals surface area contributed by atoms with Crippen LogP contribution in [-0.2, 0) is 17.9 Å². The molecule has 0 radical (unpaired) electrons. The van der Waals surface area contributed by atoms with Gasteiger partial charge in [0.25, 0.3) is 5.56 Å². The molecule has 0 atom stereocenters. The Labute approximate surface area is 165 Å². The smallest absolute Gasteiger partial charge is 0.291 e. The third-order valence-corrected chi connectivity index (χ3v) is 4.76. The van der Waals surface area contributed by atoms with Crippen molar-refractivity contribution in [3.05, 3.63) is 76.1 Å². The van der Waals surface area contributed by atoms with Gasteiger partial charge in [-0.15, -0.1) is 0 Å². The van der Waals surface area contributed by atoms with Gasteiger partial charge in [-0.2, -0.15) is 5.10 Å². The van der Waals surface area contributed by atoms with E-state index in [0.717, 1.165) is 21.1 Å². The van der Waals surface area contributed by atoms with Crippen LogP contribution in [0.15, 0.2) is 53.3 Å². The third-order valence-electron chi connectivity index (χ3n) is 4.76. The first-order valence-corrected chi connectivity index (χ1v) is 9.05. The molecule has 0 aliphatic rings. The Bertz CT molecular complexity index is 1280. The van der Waals surface area contributed by atoms with Gasteiger partial charge in [0, 0.05) is 11.9 Å². The van der Waals surface area contributed by atoms with E-state index >= 15 is 0 Å². The molecule has 148 valence electrons. The van der Waals surface area contributed by atoms with Crippen LogP contribution in [0.2, 0.25) is 0 Å². The van der Waals surface area contributed by atoms with Gasteiger partial charge < -0.3 is 10.1 Å². The molecule has 0 bridgehead atoms. The highest BCUT2D eigenvalue weighted by atomic mass is 19.1. The van der Waals surface area contributed by atoms with Gasteiger partial charge in [-0.25, -0.2) is 9.07 Å². The molecule has 2 aromatic heterocycles. The van der Waals surface area contributed by atoms with Gasteiger partial charge >= 0.3 is 0 Å². The lowest BCUT2D eigenvalue weighted by molar-refractivity contribution is -0.122. The molecule has 1 amide bonds. The molecular formula is C21H19FN4O3. The molecule has 4 aromatic rings. The normalized spacial score (nSPS) is 11.1. The van der Waals surface area contributed by atoms with Crippen molar-refractivity contribution >= 4 is 22.3 Å². The summed E-state index contributed by atoms with van der Waals surface area (Å²) in [7, 11) is 1.58. The van der Waals surface area contributed by atoms with Crippen LogP contribution >= 0.6 is 0 Å². The highest BCUT2D eigenvalue weighted by Gasteiger charge is 2.16. The second-order valence-electron chi connectivity index (χ2n) is 6.67.